The van der Waals surface area contributed by atoms with Gasteiger partial charge in [0.25, 0.3) is 0 Å². The van der Waals surface area contributed by atoms with Crippen molar-refractivity contribution in [2.45, 2.75) is 13.0 Å². The van der Waals surface area contributed by atoms with E-state index in [4.69, 9.17) is 9.47 Å². The maximum Gasteiger partial charge on any atom is 0.228 e. The van der Waals surface area contributed by atoms with Crippen LogP contribution in [-0.4, -0.2) is 67.9 Å². The highest BCUT2D eigenvalue weighted by Crippen LogP contribution is 2.15. The topological polar surface area (TPSA) is 50.7 Å². The van der Waals surface area contributed by atoms with Gasteiger partial charge in [0.1, 0.15) is 0 Å². The molecule has 0 aliphatic carbocycles. The Morgan fingerprint density at radius 3 is 2.63 bits per heavy atom. The molecule has 1 aromatic rings. The number of hydrogen-bond acceptors (Lipinski definition) is 6. The van der Waals surface area contributed by atoms with E-state index in [2.05, 4.69) is 26.7 Å². The summed E-state index contributed by atoms with van der Waals surface area (Å²) in [6.45, 7) is 6.84. The molecule has 19 heavy (non-hydrogen) atoms. The van der Waals surface area contributed by atoms with E-state index in [1.807, 2.05) is 0 Å². The standard InChI is InChI=1S/C13H22N4O2/c1-11(10-18-2)16-6-8-17(9-7-16)13-14-5-4-12(15-13)19-3/h4-5,11H,6-10H2,1-3H3/t11-/m1/s1. The molecule has 1 fully saturated rings. The third-order valence-electron chi connectivity index (χ3n) is 3.45. The minimum absolute atomic E-state index is 0.457. The van der Waals surface area contributed by atoms with Gasteiger partial charge in [-0.1, -0.05) is 0 Å². The summed E-state index contributed by atoms with van der Waals surface area (Å²) in [5, 5.41) is 0. The third-order valence-corrected chi connectivity index (χ3v) is 3.45. The van der Waals surface area contributed by atoms with Gasteiger partial charge in [-0.3, -0.25) is 4.90 Å². The molecule has 0 unspecified atom stereocenters. The summed E-state index contributed by atoms with van der Waals surface area (Å²) in [4.78, 5) is 13.3. The van der Waals surface area contributed by atoms with Gasteiger partial charge in [0, 0.05) is 51.6 Å². The van der Waals surface area contributed by atoms with Crippen molar-refractivity contribution in [2.24, 2.45) is 0 Å². The molecule has 1 aliphatic rings. The van der Waals surface area contributed by atoms with Crippen molar-refractivity contribution in [1.82, 2.24) is 14.9 Å². The number of anilines is 1. The van der Waals surface area contributed by atoms with E-state index in [1.165, 1.54) is 0 Å². The summed E-state index contributed by atoms with van der Waals surface area (Å²) in [5.74, 6) is 1.36. The smallest absolute Gasteiger partial charge is 0.228 e. The minimum Gasteiger partial charge on any atom is -0.481 e. The van der Waals surface area contributed by atoms with Crippen LogP contribution in [0.4, 0.5) is 5.95 Å². The second-order valence-corrected chi connectivity index (χ2v) is 4.73. The minimum atomic E-state index is 0.457. The summed E-state index contributed by atoms with van der Waals surface area (Å²) in [6.07, 6.45) is 1.74. The van der Waals surface area contributed by atoms with Gasteiger partial charge in [0.15, 0.2) is 0 Å². The van der Waals surface area contributed by atoms with Crippen LogP contribution in [-0.2, 0) is 4.74 Å². The van der Waals surface area contributed by atoms with Crippen molar-refractivity contribution in [3.05, 3.63) is 12.3 Å². The van der Waals surface area contributed by atoms with E-state index in [1.54, 1.807) is 26.5 Å². The number of hydrogen-bond donors (Lipinski definition) is 0. The maximum absolute atomic E-state index is 5.20. The first kappa shape index (κ1) is 14.0. The van der Waals surface area contributed by atoms with Gasteiger partial charge in [-0.25, -0.2) is 4.98 Å². The molecule has 106 valence electrons. The molecule has 0 amide bonds. The number of ether oxygens (including phenoxy) is 2. The van der Waals surface area contributed by atoms with Crippen LogP contribution in [0, 0.1) is 0 Å². The zero-order valence-corrected chi connectivity index (χ0v) is 11.9. The summed E-state index contributed by atoms with van der Waals surface area (Å²) in [5.41, 5.74) is 0. The highest BCUT2D eigenvalue weighted by Gasteiger charge is 2.22. The van der Waals surface area contributed by atoms with E-state index >= 15 is 0 Å². The van der Waals surface area contributed by atoms with E-state index in [0.717, 1.165) is 38.7 Å². The lowest BCUT2D eigenvalue weighted by Gasteiger charge is -2.37. The maximum atomic E-state index is 5.20. The molecule has 0 radical (unpaired) electrons. The van der Waals surface area contributed by atoms with Gasteiger partial charge < -0.3 is 14.4 Å². The second-order valence-electron chi connectivity index (χ2n) is 4.73. The largest absolute Gasteiger partial charge is 0.481 e. The predicted octanol–water partition coefficient (Wildman–Crippen LogP) is 0.642. The van der Waals surface area contributed by atoms with Gasteiger partial charge in [-0.05, 0) is 6.92 Å². The summed E-state index contributed by atoms with van der Waals surface area (Å²) in [7, 11) is 3.37. The Balaban J connectivity index is 1.92. The van der Waals surface area contributed by atoms with E-state index < -0.39 is 0 Å². The Morgan fingerprint density at radius 2 is 2.00 bits per heavy atom. The average Bonchev–Trinajstić information content (AvgIpc) is 2.48. The van der Waals surface area contributed by atoms with Crippen molar-refractivity contribution in [3.63, 3.8) is 0 Å². The lowest BCUT2D eigenvalue weighted by molar-refractivity contribution is 0.0951. The lowest BCUT2D eigenvalue weighted by Crippen LogP contribution is -2.51. The second kappa shape index (κ2) is 6.68. The molecule has 1 saturated heterocycles. The fraction of sp³-hybridized carbons (Fsp3) is 0.692. The molecule has 0 bridgehead atoms. The summed E-state index contributed by atoms with van der Waals surface area (Å²) >= 11 is 0. The average molecular weight is 266 g/mol. The molecular formula is C13H22N4O2. The monoisotopic (exact) mass is 266 g/mol. The Hall–Kier alpha value is -1.40. The van der Waals surface area contributed by atoms with Gasteiger partial charge in [0.05, 0.1) is 13.7 Å². The third kappa shape index (κ3) is 3.54. The van der Waals surface area contributed by atoms with Crippen LogP contribution in [0.2, 0.25) is 0 Å². The normalized spacial score (nSPS) is 18.4. The number of nitrogens with zero attached hydrogens (tertiary/aromatic N) is 4. The first-order valence-corrected chi connectivity index (χ1v) is 6.59. The first-order chi connectivity index (χ1) is 9.24. The van der Waals surface area contributed by atoms with Crippen LogP contribution < -0.4 is 9.64 Å². The van der Waals surface area contributed by atoms with Crippen LogP contribution in [0.15, 0.2) is 12.3 Å². The zero-order valence-electron chi connectivity index (χ0n) is 11.9. The Labute approximate surface area is 114 Å². The molecule has 1 atom stereocenters. The zero-order chi connectivity index (χ0) is 13.7. The number of aromatic nitrogens is 2. The van der Waals surface area contributed by atoms with Crippen molar-refractivity contribution >= 4 is 5.95 Å². The summed E-state index contributed by atoms with van der Waals surface area (Å²) < 4.78 is 10.3. The van der Waals surface area contributed by atoms with E-state index in [9.17, 15) is 0 Å². The van der Waals surface area contributed by atoms with Crippen LogP contribution in [0.3, 0.4) is 0 Å². The number of piperazine rings is 1. The molecule has 1 aliphatic heterocycles. The molecular weight excluding hydrogens is 244 g/mol. The Bertz CT molecular complexity index is 394. The SMILES string of the molecule is COC[C@@H](C)N1CCN(c2nccc(OC)n2)CC1. The fourth-order valence-electron chi connectivity index (χ4n) is 2.31. The molecule has 2 heterocycles. The van der Waals surface area contributed by atoms with E-state index in [-0.39, 0.29) is 0 Å². The van der Waals surface area contributed by atoms with Crippen LogP contribution in [0.25, 0.3) is 0 Å². The predicted molar refractivity (Wildman–Crippen MR) is 73.7 cm³/mol. The first-order valence-electron chi connectivity index (χ1n) is 6.59. The molecule has 0 N–H and O–H groups in total. The van der Waals surface area contributed by atoms with Gasteiger partial charge in [-0.15, -0.1) is 0 Å². The van der Waals surface area contributed by atoms with Crippen LogP contribution >= 0.6 is 0 Å². The lowest BCUT2D eigenvalue weighted by atomic mass is 10.2. The quantitative estimate of drug-likeness (QED) is 0.779. The summed E-state index contributed by atoms with van der Waals surface area (Å²) in [6, 6.07) is 2.22. The highest BCUT2D eigenvalue weighted by atomic mass is 16.5. The van der Waals surface area contributed by atoms with E-state index in [0.29, 0.717) is 11.9 Å². The molecule has 0 spiro atoms. The molecule has 6 heteroatoms. The molecule has 0 aromatic carbocycles. The number of methoxy groups -OCH3 is 2. The molecule has 2 rings (SSSR count). The van der Waals surface area contributed by atoms with Crippen molar-refractivity contribution in [1.29, 1.82) is 0 Å². The Morgan fingerprint density at radius 1 is 1.26 bits per heavy atom. The van der Waals surface area contributed by atoms with Crippen molar-refractivity contribution in [3.8, 4) is 5.88 Å². The van der Waals surface area contributed by atoms with Crippen LogP contribution in [0.1, 0.15) is 6.92 Å². The van der Waals surface area contributed by atoms with Gasteiger partial charge >= 0.3 is 0 Å². The van der Waals surface area contributed by atoms with Gasteiger partial charge in [-0.2, -0.15) is 4.98 Å². The molecule has 6 nitrogen and oxygen atoms in total. The number of rotatable bonds is 5. The highest BCUT2D eigenvalue weighted by molar-refractivity contribution is 5.32. The fourth-order valence-corrected chi connectivity index (χ4v) is 2.31. The van der Waals surface area contributed by atoms with Gasteiger partial charge in [0.2, 0.25) is 11.8 Å². The van der Waals surface area contributed by atoms with Crippen molar-refractivity contribution in [2.75, 3.05) is 51.9 Å². The van der Waals surface area contributed by atoms with Crippen LogP contribution in [0.5, 0.6) is 5.88 Å². The Kier molecular flexibility index (Phi) is 4.93. The molecule has 0 saturated carbocycles. The molecule has 1 aromatic heterocycles. The van der Waals surface area contributed by atoms with Crippen molar-refractivity contribution < 1.29 is 9.47 Å².